The van der Waals surface area contributed by atoms with E-state index in [2.05, 4.69) is 44.8 Å². The van der Waals surface area contributed by atoms with Gasteiger partial charge in [0, 0.05) is 5.92 Å². The van der Waals surface area contributed by atoms with Crippen LogP contribution in [0.5, 0.6) is 0 Å². The highest BCUT2D eigenvalue weighted by Crippen LogP contribution is 2.38. The van der Waals surface area contributed by atoms with Crippen molar-refractivity contribution in [3.05, 3.63) is 11.7 Å². The first kappa shape index (κ1) is 15.5. The Hall–Kier alpha value is -0.900. The van der Waals surface area contributed by atoms with Gasteiger partial charge in [0.25, 0.3) is 0 Å². The normalized spacial score (nSPS) is 25.9. The van der Waals surface area contributed by atoms with Crippen LogP contribution in [-0.4, -0.2) is 10.1 Å². The fraction of sp³-hybridized carbons (Fsp3) is 0.875. The zero-order chi connectivity index (χ0) is 14.9. The molecule has 0 amide bonds. The van der Waals surface area contributed by atoms with Crippen LogP contribution in [0.25, 0.3) is 0 Å². The second-order valence-electron chi connectivity index (χ2n) is 7.69. The molecule has 2 N–H and O–H groups in total. The van der Waals surface area contributed by atoms with E-state index in [4.69, 9.17) is 10.3 Å². The maximum Gasteiger partial charge on any atom is 0.244 e. The van der Waals surface area contributed by atoms with E-state index in [1.165, 1.54) is 25.7 Å². The summed E-state index contributed by atoms with van der Waals surface area (Å²) in [5.41, 5.74) is 6.12. The Labute approximate surface area is 122 Å². The molecule has 1 aliphatic carbocycles. The zero-order valence-electron chi connectivity index (χ0n) is 13.5. The number of hydrogen-bond donors (Lipinski definition) is 1. The third-order valence-electron chi connectivity index (χ3n) is 4.74. The van der Waals surface area contributed by atoms with E-state index in [1.807, 2.05) is 0 Å². The number of rotatable bonds is 3. The summed E-state index contributed by atoms with van der Waals surface area (Å²) in [4.78, 5) is 4.57. The van der Waals surface area contributed by atoms with Gasteiger partial charge in [0.05, 0.1) is 6.04 Å². The first-order valence-electron chi connectivity index (χ1n) is 7.88. The van der Waals surface area contributed by atoms with Crippen molar-refractivity contribution >= 4 is 0 Å². The van der Waals surface area contributed by atoms with Crippen molar-refractivity contribution in [1.29, 1.82) is 0 Å². The van der Waals surface area contributed by atoms with Crippen LogP contribution in [0.2, 0.25) is 0 Å². The molecule has 0 aliphatic heterocycles. The van der Waals surface area contributed by atoms with E-state index in [9.17, 15) is 0 Å². The average Bonchev–Trinajstić information content (AvgIpc) is 2.86. The predicted molar refractivity (Wildman–Crippen MR) is 80.2 cm³/mol. The predicted octanol–water partition coefficient (Wildman–Crippen LogP) is 4.05. The Morgan fingerprint density at radius 1 is 1.15 bits per heavy atom. The summed E-state index contributed by atoms with van der Waals surface area (Å²) in [6.45, 7) is 10.9. The van der Waals surface area contributed by atoms with Crippen LogP contribution < -0.4 is 5.73 Å². The Morgan fingerprint density at radius 2 is 1.75 bits per heavy atom. The van der Waals surface area contributed by atoms with Crippen LogP contribution in [0.4, 0.5) is 0 Å². The Balaban J connectivity index is 2.00. The van der Waals surface area contributed by atoms with Gasteiger partial charge < -0.3 is 10.3 Å². The van der Waals surface area contributed by atoms with E-state index in [0.29, 0.717) is 11.8 Å². The molecule has 0 spiro atoms. The fourth-order valence-electron chi connectivity index (χ4n) is 2.95. The average molecular weight is 279 g/mol. The highest BCUT2D eigenvalue weighted by molar-refractivity contribution is 5.02. The van der Waals surface area contributed by atoms with Crippen LogP contribution in [0, 0.1) is 17.3 Å². The summed E-state index contributed by atoms with van der Waals surface area (Å²) in [6.07, 6.45) is 4.90. The lowest BCUT2D eigenvalue weighted by Gasteiger charge is -2.29. The third-order valence-corrected chi connectivity index (χ3v) is 4.74. The third kappa shape index (κ3) is 3.40. The van der Waals surface area contributed by atoms with Gasteiger partial charge in [-0.15, -0.1) is 0 Å². The van der Waals surface area contributed by atoms with E-state index >= 15 is 0 Å². The zero-order valence-corrected chi connectivity index (χ0v) is 13.5. The Bertz CT molecular complexity index is 425. The number of nitrogens with two attached hydrogens (primary N) is 1. The first-order valence-corrected chi connectivity index (χ1v) is 7.88. The van der Waals surface area contributed by atoms with E-state index in [1.54, 1.807) is 0 Å². The molecule has 114 valence electrons. The molecule has 4 nitrogen and oxygen atoms in total. The Kier molecular flexibility index (Phi) is 4.52. The van der Waals surface area contributed by atoms with Crippen molar-refractivity contribution in [2.24, 2.45) is 23.0 Å². The van der Waals surface area contributed by atoms with Gasteiger partial charge in [-0.05, 0) is 42.9 Å². The van der Waals surface area contributed by atoms with Gasteiger partial charge in [0.15, 0.2) is 5.82 Å². The lowest BCUT2D eigenvalue weighted by atomic mass is 9.77. The maximum absolute atomic E-state index is 6.18. The summed E-state index contributed by atoms with van der Waals surface area (Å²) in [7, 11) is 0. The quantitative estimate of drug-likeness (QED) is 0.906. The van der Waals surface area contributed by atoms with Crippen LogP contribution in [0.3, 0.4) is 0 Å². The van der Waals surface area contributed by atoms with Gasteiger partial charge in [-0.2, -0.15) is 4.98 Å². The van der Waals surface area contributed by atoms with Gasteiger partial charge in [-0.25, -0.2) is 0 Å². The monoisotopic (exact) mass is 279 g/mol. The van der Waals surface area contributed by atoms with Crippen LogP contribution in [0.15, 0.2) is 4.52 Å². The highest BCUT2D eigenvalue weighted by Gasteiger charge is 2.31. The van der Waals surface area contributed by atoms with Crippen molar-refractivity contribution in [2.45, 2.75) is 72.3 Å². The molecule has 1 aliphatic rings. The Morgan fingerprint density at radius 3 is 2.25 bits per heavy atom. The van der Waals surface area contributed by atoms with Crippen molar-refractivity contribution in [1.82, 2.24) is 10.1 Å². The highest BCUT2D eigenvalue weighted by atomic mass is 16.5. The topological polar surface area (TPSA) is 64.9 Å². The molecule has 1 aromatic rings. The fourth-order valence-corrected chi connectivity index (χ4v) is 2.95. The summed E-state index contributed by atoms with van der Waals surface area (Å²) < 4.78 is 5.39. The molecule has 2 rings (SSSR count). The van der Waals surface area contributed by atoms with Gasteiger partial charge in [-0.3, -0.25) is 0 Å². The van der Waals surface area contributed by atoms with E-state index in [0.717, 1.165) is 17.7 Å². The van der Waals surface area contributed by atoms with Gasteiger partial charge in [0.2, 0.25) is 5.89 Å². The maximum atomic E-state index is 6.18. The molecule has 1 aromatic heterocycles. The molecular weight excluding hydrogens is 250 g/mol. The molecule has 0 saturated heterocycles. The molecule has 0 bridgehead atoms. The molecular formula is C16H29N3O. The second-order valence-corrected chi connectivity index (χ2v) is 7.69. The van der Waals surface area contributed by atoms with Crippen LogP contribution in [-0.2, 0) is 0 Å². The van der Waals surface area contributed by atoms with Crippen molar-refractivity contribution in [3.8, 4) is 0 Å². The lowest BCUT2D eigenvalue weighted by Crippen LogP contribution is -2.26. The largest absolute Gasteiger partial charge is 0.338 e. The van der Waals surface area contributed by atoms with E-state index < -0.39 is 0 Å². The number of hydrogen-bond acceptors (Lipinski definition) is 4. The van der Waals surface area contributed by atoms with Crippen molar-refractivity contribution < 1.29 is 4.52 Å². The minimum absolute atomic E-state index is 0.0564. The summed E-state index contributed by atoms with van der Waals surface area (Å²) in [5.74, 6) is 3.54. The van der Waals surface area contributed by atoms with Crippen LogP contribution in [0.1, 0.15) is 84.0 Å². The number of nitrogens with zero attached hydrogens (tertiary/aromatic N) is 2. The first-order chi connectivity index (χ1) is 9.29. The number of aromatic nitrogens is 2. The lowest BCUT2D eigenvalue weighted by molar-refractivity contribution is 0.244. The van der Waals surface area contributed by atoms with Crippen LogP contribution >= 0.6 is 0 Å². The SMILES string of the molecule is CC(C)C1CCC(c2noc([C@@H](N)C(C)(C)C)n2)CC1. The molecule has 0 unspecified atom stereocenters. The van der Waals surface area contributed by atoms with Gasteiger partial charge in [0.1, 0.15) is 0 Å². The van der Waals surface area contributed by atoms with Crippen molar-refractivity contribution in [3.63, 3.8) is 0 Å². The summed E-state index contributed by atoms with van der Waals surface area (Å²) in [6, 6.07) is -0.198. The molecule has 1 fully saturated rings. The van der Waals surface area contributed by atoms with E-state index in [-0.39, 0.29) is 11.5 Å². The standard InChI is InChI=1S/C16H29N3O/c1-10(2)11-6-8-12(9-7-11)14-18-15(20-19-14)13(17)16(3,4)5/h10-13H,6-9,17H2,1-5H3/t11?,12?,13-/m1/s1. The molecule has 1 saturated carbocycles. The molecule has 1 atom stereocenters. The minimum Gasteiger partial charge on any atom is -0.338 e. The van der Waals surface area contributed by atoms with Crippen molar-refractivity contribution in [2.75, 3.05) is 0 Å². The summed E-state index contributed by atoms with van der Waals surface area (Å²) in [5, 5.41) is 4.18. The molecule has 0 aromatic carbocycles. The minimum atomic E-state index is -0.198. The second kappa shape index (κ2) is 5.84. The molecule has 20 heavy (non-hydrogen) atoms. The molecule has 1 heterocycles. The summed E-state index contributed by atoms with van der Waals surface area (Å²) >= 11 is 0. The molecule has 0 radical (unpaired) electrons. The molecule has 4 heteroatoms. The smallest absolute Gasteiger partial charge is 0.244 e. The van der Waals surface area contributed by atoms with Gasteiger partial charge in [-0.1, -0.05) is 39.8 Å². The van der Waals surface area contributed by atoms with Gasteiger partial charge >= 0.3 is 0 Å².